The Kier molecular flexibility index (Phi) is 5.00. The summed E-state index contributed by atoms with van der Waals surface area (Å²) >= 11 is 5.85. The Morgan fingerprint density at radius 3 is 2.80 bits per heavy atom. The first kappa shape index (κ1) is 14.4. The second kappa shape index (κ2) is 6.95. The first-order valence-electron chi connectivity index (χ1n) is 5.96. The summed E-state index contributed by atoms with van der Waals surface area (Å²) in [5, 5.41) is 8.72. The third kappa shape index (κ3) is 3.74. The fourth-order valence-electron chi connectivity index (χ4n) is 1.63. The fourth-order valence-corrected chi connectivity index (χ4v) is 1.81. The summed E-state index contributed by atoms with van der Waals surface area (Å²) < 4.78 is 18.8. The topological polar surface area (TPSA) is 29.5 Å². The summed E-state index contributed by atoms with van der Waals surface area (Å²) in [6, 6.07) is 11.7. The molecule has 0 fully saturated rings. The van der Waals surface area contributed by atoms with E-state index < -0.39 is 5.82 Å². The van der Waals surface area contributed by atoms with Crippen molar-refractivity contribution in [3.05, 3.63) is 64.4 Å². The highest BCUT2D eigenvalue weighted by Gasteiger charge is 2.06. The molecule has 0 aliphatic carbocycles. The average molecular weight is 291 g/mol. The molecular weight excluding hydrogens is 279 g/mol. The number of ether oxygens (including phenoxy) is 1. The van der Waals surface area contributed by atoms with Crippen LogP contribution in [0, 0.1) is 17.7 Å². The maximum atomic E-state index is 13.3. The second-order valence-electron chi connectivity index (χ2n) is 3.99. The molecule has 1 N–H and O–H groups in total. The van der Waals surface area contributed by atoms with Crippen LogP contribution >= 0.6 is 11.6 Å². The van der Waals surface area contributed by atoms with Crippen molar-refractivity contribution in [3.63, 3.8) is 0 Å². The lowest BCUT2D eigenvalue weighted by Crippen LogP contribution is -1.97. The molecule has 2 aromatic carbocycles. The number of benzene rings is 2. The van der Waals surface area contributed by atoms with Crippen molar-refractivity contribution in [1.82, 2.24) is 0 Å². The van der Waals surface area contributed by atoms with Crippen molar-refractivity contribution in [3.8, 4) is 17.6 Å². The quantitative estimate of drug-likeness (QED) is 0.878. The SMILES string of the molecule is OCC#Cc1cccc(OCc2cccc(F)c2Cl)c1. The minimum Gasteiger partial charge on any atom is -0.489 e. The van der Waals surface area contributed by atoms with Crippen LogP contribution in [0.4, 0.5) is 4.39 Å². The van der Waals surface area contributed by atoms with Crippen molar-refractivity contribution in [2.45, 2.75) is 6.61 Å². The van der Waals surface area contributed by atoms with E-state index in [1.807, 2.05) is 6.07 Å². The van der Waals surface area contributed by atoms with E-state index in [2.05, 4.69) is 11.8 Å². The summed E-state index contributed by atoms with van der Waals surface area (Å²) in [4.78, 5) is 0. The van der Waals surface area contributed by atoms with Gasteiger partial charge in [0, 0.05) is 11.1 Å². The molecule has 0 heterocycles. The van der Waals surface area contributed by atoms with Gasteiger partial charge in [-0.05, 0) is 24.3 Å². The van der Waals surface area contributed by atoms with Crippen molar-refractivity contribution in [1.29, 1.82) is 0 Å². The van der Waals surface area contributed by atoms with Gasteiger partial charge in [0.05, 0.1) is 5.02 Å². The third-order valence-electron chi connectivity index (χ3n) is 2.57. The molecule has 0 saturated carbocycles. The molecule has 0 bridgehead atoms. The molecule has 0 amide bonds. The summed E-state index contributed by atoms with van der Waals surface area (Å²) in [5.74, 6) is 5.49. The van der Waals surface area contributed by atoms with Gasteiger partial charge in [0.1, 0.15) is 24.8 Å². The van der Waals surface area contributed by atoms with Gasteiger partial charge in [0.25, 0.3) is 0 Å². The number of hydrogen-bond donors (Lipinski definition) is 1. The first-order chi connectivity index (χ1) is 9.70. The number of rotatable bonds is 3. The van der Waals surface area contributed by atoms with Crippen LogP contribution in [0.5, 0.6) is 5.75 Å². The molecule has 0 radical (unpaired) electrons. The van der Waals surface area contributed by atoms with Gasteiger partial charge in [0.15, 0.2) is 0 Å². The second-order valence-corrected chi connectivity index (χ2v) is 4.37. The van der Waals surface area contributed by atoms with Crippen molar-refractivity contribution in [2.24, 2.45) is 0 Å². The average Bonchev–Trinajstić information content (AvgIpc) is 2.47. The van der Waals surface area contributed by atoms with Gasteiger partial charge in [-0.1, -0.05) is 41.6 Å². The molecule has 4 heteroatoms. The molecule has 0 atom stereocenters. The van der Waals surface area contributed by atoms with Gasteiger partial charge in [-0.25, -0.2) is 4.39 Å². The molecule has 2 rings (SSSR count). The first-order valence-corrected chi connectivity index (χ1v) is 6.34. The zero-order valence-electron chi connectivity index (χ0n) is 10.6. The number of hydrogen-bond acceptors (Lipinski definition) is 2. The van der Waals surface area contributed by atoms with Crippen LogP contribution in [-0.2, 0) is 6.61 Å². The fraction of sp³-hybridized carbons (Fsp3) is 0.125. The van der Waals surface area contributed by atoms with Crippen LogP contribution in [0.3, 0.4) is 0 Å². The number of halogens is 2. The molecule has 2 nitrogen and oxygen atoms in total. The van der Waals surface area contributed by atoms with E-state index >= 15 is 0 Å². The standard InChI is InChI=1S/C16H12ClFO2/c17-16-13(6-2-8-15(16)18)11-20-14-7-1-4-12(10-14)5-3-9-19/h1-2,4,6-8,10,19H,9,11H2. The Labute approximate surface area is 121 Å². The summed E-state index contributed by atoms with van der Waals surface area (Å²) in [5.41, 5.74) is 1.32. The van der Waals surface area contributed by atoms with Crippen LogP contribution < -0.4 is 4.74 Å². The van der Waals surface area contributed by atoms with Crippen molar-refractivity contribution in [2.75, 3.05) is 6.61 Å². The molecular formula is C16H12ClFO2. The van der Waals surface area contributed by atoms with Gasteiger partial charge in [-0.3, -0.25) is 0 Å². The minimum absolute atomic E-state index is 0.0729. The number of aliphatic hydroxyl groups excluding tert-OH is 1. The van der Waals surface area contributed by atoms with E-state index in [0.717, 1.165) is 5.56 Å². The molecule has 0 saturated heterocycles. The van der Waals surface area contributed by atoms with Gasteiger partial charge < -0.3 is 9.84 Å². The van der Waals surface area contributed by atoms with Crippen LogP contribution in [-0.4, -0.2) is 11.7 Å². The van der Waals surface area contributed by atoms with E-state index in [4.69, 9.17) is 21.4 Å². The predicted octanol–water partition coefficient (Wildman–Crippen LogP) is 3.40. The van der Waals surface area contributed by atoms with Gasteiger partial charge in [0.2, 0.25) is 0 Å². The Morgan fingerprint density at radius 1 is 1.20 bits per heavy atom. The van der Waals surface area contributed by atoms with Crippen LogP contribution in [0.15, 0.2) is 42.5 Å². The summed E-state index contributed by atoms with van der Waals surface area (Å²) in [6.45, 7) is -0.0164. The summed E-state index contributed by atoms with van der Waals surface area (Å²) in [6.07, 6.45) is 0. The van der Waals surface area contributed by atoms with Crippen molar-refractivity contribution >= 4 is 11.6 Å². The Hall–Kier alpha value is -2.02. The minimum atomic E-state index is -0.463. The molecule has 0 spiro atoms. The van der Waals surface area contributed by atoms with Gasteiger partial charge in [-0.2, -0.15) is 0 Å². The van der Waals surface area contributed by atoms with E-state index in [1.165, 1.54) is 6.07 Å². The molecule has 20 heavy (non-hydrogen) atoms. The smallest absolute Gasteiger partial charge is 0.142 e. The molecule has 0 aliphatic heterocycles. The predicted molar refractivity (Wildman–Crippen MR) is 76.1 cm³/mol. The maximum Gasteiger partial charge on any atom is 0.142 e. The largest absolute Gasteiger partial charge is 0.489 e. The molecule has 0 aliphatic rings. The highest BCUT2D eigenvalue weighted by atomic mass is 35.5. The zero-order chi connectivity index (χ0) is 14.4. The Morgan fingerprint density at radius 2 is 2.00 bits per heavy atom. The van der Waals surface area contributed by atoms with Gasteiger partial charge in [-0.15, -0.1) is 0 Å². The lowest BCUT2D eigenvalue weighted by molar-refractivity contribution is 0.305. The Bertz CT molecular complexity index is 659. The lowest BCUT2D eigenvalue weighted by Gasteiger charge is -2.08. The van der Waals surface area contributed by atoms with E-state index in [0.29, 0.717) is 11.3 Å². The molecule has 0 aromatic heterocycles. The maximum absolute atomic E-state index is 13.3. The molecule has 0 unspecified atom stereocenters. The van der Waals surface area contributed by atoms with Crippen molar-refractivity contribution < 1.29 is 14.2 Å². The van der Waals surface area contributed by atoms with E-state index in [9.17, 15) is 4.39 Å². The van der Waals surface area contributed by atoms with Crippen LogP contribution in [0.2, 0.25) is 5.02 Å². The van der Waals surface area contributed by atoms with E-state index in [1.54, 1.807) is 30.3 Å². The van der Waals surface area contributed by atoms with E-state index in [-0.39, 0.29) is 18.2 Å². The molecule has 2 aromatic rings. The highest BCUT2D eigenvalue weighted by molar-refractivity contribution is 6.31. The lowest BCUT2D eigenvalue weighted by atomic mass is 10.2. The van der Waals surface area contributed by atoms with Crippen LogP contribution in [0.25, 0.3) is 0 Å². The van der Waals surface area contributed by atoms with Gasteiger partial charge >= 0.3 is 0 Å². The van der Waals surface area contributed by atoms with Crippen LogP contribution in [0.1, 0.15) is 11.1 Å². The normalized spacial score (nSPS) is 9.75. The number of aliphatic hydroxyl groups is 1. The zero-order valence-corrected chi connectivity index (χ0v) is 11.3. The highest BCUT2D eigenvalue weighted by Crippen LogP contribution is 2.22. The Balaban J connectivity index is 2.09. The molecule has 102 valence electrons. The summed E-state index contributed by atoms with van der Waals surface area (Å²) in [7, 11) is 0. The monoisotopic (exact) mass is 290 g/mol. The third-order valence-corrected chi connectivity index (χ3v) is 3.00.